The third kappa shape index (κ3) is 1.71. The fourth-order valence-electron chi connectivity index (χ4n) is 1.42. The molecule has 1 heterocycles. The summed E-state index contributed by atoms with van der Waals surface area (Å²) < 4.78 is 13.8. The van der Waals surface area contributed by atoms with Crippen LogP contribution in [0.1, 0.15) is 5.56 Å². The molecule has 0 spiro atoms. The molecule has 2 aromatic rings. The van der Waals surface area contributed by atoms with E-state index in [1.807, 2.05) is 0 Å². The minimum atomic E-state index is -0.600. The highest BCUT2D eigenvalue weighted by atomic mass is 19.1. The standard InChI is InChI=1S/C12H7FN2O/c13-12-8(5-14)2-1-3-11(12)9-4-10(16)7-15-6-9/h1-4,6-7,16H. The van der Waals surface area contributed by atoms with Crippen LogP contribution in [-0.2, 0) is 0 Å². The predicted octanol–water partition coefficient (Wildman–Crippen LogP) is 2.46. The summed E-state index contributed by atoms with van der Waals surface area (Å²) in [6.07, 6.45) is 2.69. The molecule has 0 amide bonds. The Bertz CT molecular complexity index is 575. The lowest BCUT2D eigenvalue weighted by Gasteiger charge is -2.04. The van der Waals surface area contributed by atoms with Gasteiger partial charge in [-0.15, -0.1) is 0 Å². The summed E-state index contributed by atoms with van der Waals surface area (Å²) in [6.45, 7) is 0. The van der Waals surface area contributed by atoms with Crippen molar-refractivity contribution in [3.63, 3.8) is 0 Å². The van der Waals surface area contributed by atoms with Gasteiger partial charge in [0.1, 0.15) is 17.6 Å². The first kappa shape index (κ1) is 10.1. The molecule has 0 fully saturated rings. The monoisotopic (exact) mass is 214 g/mol. The summed E-state index contributed by atoms with van der Waals surface area (Å²) in [5.74, 6) is -0.642. The van der Waals surface area contributed by atoms with Crippen LogP contribution in [0.5, 0.6) is 5.75 Å². The van der Waals surface area contributed by atoms with Crippen molar-refractivity contribution in [3.05, 3.63) is 48.0 Å². The smallest absolute Gasteiger partial charge is 0.148 e. The lowest BCUT2D eigenvalue weighted by Crippen LogP contribution is -1.89. The molecule has 0 atom stereocenters. The molecular formula is C12H7FN2O. The number of pyridine rings is 1. The van der Waals surface area contributed by atoms with Gasteiger partial charge in [0.05, 0.1) is 11.8 Å². The zero-order valence-corrected chi connectivity index (χ0v) is 8.18. The second-order valence-corrected chi connectivity index (χ2v) is 3.21. The van der Waals surface area contributed by atoms with Gasteiger partial charge in [0.2, 0.25) is 0 Å². The van der Waals surface area contributed by atoms with Gasteiger partial charge in [-0.05, 0) is 12.1 Å². The third-order valence-corrected chi connectivity index (χ3v) is 2.15. The molecule has 0 radical (unpaired) electrons. The second-order valence-electron chi connectivity index (χ2n) is 3.21. The van der Waals surface area contributed by atoms with Crippen LogP contribution in [0.2, 0.25) is 0 Å². The molecule has 0 aliphatic carbocycles. The lowest BCUT2D eigenvalue weighted by molar-refractivity contribution is 0.473. The highest BCUT2D eigenvalue weighted by Crippen LogP contribution is 2.26. The molecular weight excluding hydrogens is 207 g/mol. The van der Waals surface area contributed by atoms with Crippen LogP contribution in [0.15, 0.2) is 36.7 Å². The molecule has 4 heteroatoms. The number of hydrogen-bond donors (Lipinski definition) is 1. The number of halogens is 1. The third-order valence-electron chi connectivity index (χ3n) is 2.15. The van der Waals surface area contributed by atoms with Gasteiger partial charge in [-0.25, -0.2) is 4.39 Å². The Morgan fingerprint density at radius 2 is 2.12 bits per heavy atom. The summed E-state index contributed by atoms with van der Waals surface area (Å²) in [5.41, 5.74) is 0.665. The Morgan fingerprint density at radius 1 is 1.31 bits per heavy atom. The molecule has 3 nitrogen and oxygen atoms in total. The van der Waals surface area contributed by atoms with E-state index in [2.05, 4.69) is 4.98 Å². The van der Waals surface area contributed by atoms with Gasteiger partial charge in [0.25, 0.3) is 0 Å². The van der Waals surface area contributed by atoms with Gasteiger partial charge in [0, 0.05) is 17.3 Å². The topological polar surface area (TPSA) is 56.9 Å². The minimum Gasteiger partial charge on any atom is -0.506 e. The largest absolute Gasteiger partial charge is 0.506 e. The average Bonchev–Trinajstić information content (AvgIpc) is 2.29. The number of aromatic hydroxyl groups is 1. The predicted molar refractivity (Wildman–Crippen MR) is 56.0 cm³/mol. The van der Waals surface area contributed by atoms with Crippen molar-refractivity contribution in [1.82, 2.24) is 4.98 Å². The van der Waals surface area contributed by atoms with E-state index in [1.165, 1.54) is 30.6 Å². The highest BCUT2D eigenvalue weighted by molar-refractivity contribution is 5.66. The summed E-state index contributed by atoms with van der Waals surface area (Å²) >= 11 is 0. The van der Waals surface area contributed by atoms with E-state index >= 15 is 0 Å². The van der Waals surface area contributed by atoms with Crippen molar-refractivity contribution in [2.24, 2.45) is 0 Å². The zero-order chi connectivity index (χ0) is 11.5. The normalized spacial score (nSPS) is 9.75. The van der Waals surface area contributed by atoms with Crippen molar-refractivity contribution in [2.45, 2.75) is 0 Å². The summed E-state index contributed by atoms with van der Waals surface area (Å²) in [6, 6.07) is 7.67. The van der Waals surface area contributed by atoms with Crippen molar-refractivity contribution in [1.29, 1.82) is 5.26 Å². The van der Waals surface area contributed by atoms with E-state index < -0.39 is 5.82 Å². The maximum absolute atomic E-state index is 13.8. The number of rotatable bonds is 1. The average molecular weight is 214 g/mol. The van der Waals surface area contributed by atoms with Gasteiger partial charge < -0.3 is 5.11 Å². The first-order valence-electron chi connectivity index (χ1n) is 4.55. The summed E-state index contributed by atoms with van der Waals surface area (Å²) in [4.78, 5) is 3.76. The molecule has 78 valence electrons. The number of hydrogen-bond acceptors (Lipinski definition) is 3. The Balaban J connectivity index is 2.62. The molecule has 0 bridgehead atoms. The second kappa shape index (κ2) is 3.99. The van der Waals surface area contributed by atoms with Crippen LogP contribution in [-0.4, -0.2) is 10.1 Å². The van der Waals surface area contributed by atoms with E-state index in [1.54, 1.807) is 12.1 Å². The SMILES string of the molecule is N#Cc1cccc(-c2cncc(O)c2)c1F. The Morgan fingerprint density at radius 3 is 2.81 bits per heavy atom. The molecule has 0 unspecified atom stereocenters. The Hall–Kier alpha value is -2.41. The molecule has 16 heavy (non-hydrogen) atoms. The Kier molecular flexibility index (Phi) is 2.52. The van der Waals surface area contributed by atoms with Crippen molar-refractivity contribution < 1.29 is 9.50 Å². The van der Waals surface area contributed by atoms with Gasteiger partial charge in [-0.1, -0.05) is 12.1 Å². The fourth-order valence-corrected chi connectivity index (χ4v) is 1.42. The minimum absolute atomic E-state index is 0.0270. The van der Waals surface area contributed by atoms with Crippen molar-refractivity contribution in [2.75, 3.05) is 0 Å². The van der Waals surface area contributed by atoms with E-state index in [4.69, 9.17) is 5.26 Å². The summed E-state index contributed by atoms with van der Waals surface area (Å²) in [5, 5.41) is 17.9. The fraction of sp³-hybridized carbons (Fsp3) is 0. The van der Waals surface area contributed by atoms with E-state index in [0.717, 1.165) is 0 Å². The molecule has 0 aliphatic heterocycles. The van der Waals surface area contributed by atoms with Crippen LogP contribution in [0.25, 0.3) is 11.1 Å². The van der Waals surface area contributed by atoms with Crippen molar-refractivity contribution >= 4 is 0 Å². The molecule has 1 N–H and O–H groups in total. The molecule has 0 saturated carbocycles. The van der Waals surface area contributed by atoms with Crippen LogP contribution < -0.4 is 0 Å². The Labute approximate surface area is 91.4 Å². The van der Waals surface area contributed by atoms with Gasteiger partial charge in [-0.3, -0.25) is 4.98 Å². The quantitative estimate of drug-likeness (QED) is 0.793. The van der Waals surface area contributed by atoms with Gasteiger partial charge in [-0.2, -0.15) is 5.26 Å². The van der Waals surface area contributed by atoms with Crippen LogP contribution >= 0.6 is 0 Å². The number of nitrogens with zero attached hydrogens (tertiary/aromatic N) is 2. The molecule has 1 aromatic carbocycles. The van der Waals surface area contributed by atoms with Crippen LogP contribution in [0, 0.1) is 17.1 Å². The van der Waals surface area contributed by atoms with Crippen LogP contribution in [0.3, 0.4) is 0 Å². The lowest BCUT2D eigenvalue weighted by atomic mass is 10.0. The first-order valence-corrected chi connectivity index (χ1v) is 4.55. The van der Waals surface area contributed by atoms with Crippen LogP contribution in [0.4, 0.5) is 4.39 Å². The first-order chi connectivity index (χ1) is 7.72. The highest BCUT2D eigenvalue weighted by Gasteiger charge is 2.09. The molecule has 0 saturated heterocycles. The molecule has 0 aliphatic rings. The van der Waals surface area contributed by atoms with Gasteiger partial charge in [0.15, 0.2) is 0 Å². The number of aromatic nitrogens is 1. The summed E-state index contributed by atoms with van der Waals surface area (Å²) in [7, 11) is 0. The van der Waals surface area contributed by atoms with E-state index in [9.17, 15) is 9.50 Å². The molecule has 2 rings (SSSR count). The zero-order valence-electron chi connectivity index (χ0n) is 8.18. The number of nitriles is 1. The van der Waals surface area contributed by atoms with E-state index in [-0.39, 0.29) is 16.9 Å². The maximum Gasteiger partial charge on any atom is 0.148 e. The van der Waals surface area contributed by atoms with Gasteiger partial charge >= 0.3 is 0 Å². The molecule has 1 aromatic heterocycles. The number of benzene rings is 1. The van der Waals surface area contributed by atoms with Crippen molar-refractivity contribution in [3.8, 4) is 22.9 Å². The maximum atomic E-state index is 13.8. The van der Waals surface area contributed by atoms with E-state index in [0.29, 0.717) is 5.56 Å².